The molecule has 1 N–H and O–H groups in total. The van der Waals surface area contributed by atoms with Crippen LogP contribution >= 0.6 is 0 Å². The van der Waals surface area contributed by atoms with Gasteiger partial charge in [-0.1, -0.05) is 19.3 Å². The van der Waals surface area contributed by atoms with Crippen molar-refractivity contribution in [1.29, 1.82) is 0 Å². The zero-order valence-corrected chi connectivity index (χ0v) is 13.3. The third-order valence-corrected chi connectivity index (χ3v) is 4.79. The average molecular weight is 296 g/mol. The Morgan fingerprint density at radius 1 is 1.05 bits per heavy atom. The summed E-state index contributed by atoms with van der Waals surface area (Å²) in [6.07, 6.45) is 8.35. The van der Waals surface area contributed by atoms with Gasteiger partial charge in [-0.15, -0.1) is 0 Å². The molecule has 0 bridgehead atoms. The number of rotatable bonds is 3. The molecule has 0 aromatic rings. The predicted octanol–water partition coefficient (Wildman–Crippen LogP) is 1.85. The molecule has 2 fully saturated rings. The summed E-state index contributed by atoms with van der Waals surface area (Å²) in [5, 5.41) is 3.16. The van der Waals surface area contributed by atoms with Crippen LogP contribution in [-0.4, -0.2) is 48.6 Å². The van der Waals surface area contributed by atoms with Crippen molar-refractivity contribution in [1.82, 2.24) is 10.2 Å². The zero-order valence-electron chi connectivity index (χ0n) is 13.3. The third kappa shape index (κ3) is 4.19. The van der Waals surface area contributed by atoms with Crippen molar-refractivity contribution in [3.8, 4) is 0 Å². The Kier molecular flexibility index (Phi) is 6.03. The molecule has 1 saturated carbocycles. The van der Waals surface area contributed by atoms with Crippen LogP contribution in [0.5, 0.6) is 0 Å². The van der Waals surface area contributed by atoms with Crippen LogP contribution in [0.25, 0.3) is 0 Å². The largest absolute Gasteiger partial charge is 0.379 e. The van der Waals surface area contributed by atoms with E-state index in [9.17, 15) is 9.59 Å². The number of nitrogens with one attached hydrogen (secondary N) is 1. The van der Waals surface area contributed by atoms with E-state index in [1.807, 2.05) is 0 Å². The van der Waals surface area contributed by atoms with Gasteiger partial charge in [-0.2, -0.15) is 0 Å². The SMILES string of the molecule is COC1CCCCCC1NC(=O)C1CCCCN1C(C)=O. The maximum atomic E-state index is 12.6. The summed E-state index contributed by atoms with van der Waals surface area (Å²) in [6, 6.07) is -0.210. The molecule has 3 atom stereocenters. The van der Waals surface area contributed by atoms with E-state index < -0.39 is 0 Å². The fourth-order valence-corrected chi connectivity index (χ4v) is 3.58. The number of nitrogens with zero attached hydrogens (tertiary/aromatic N) is 1. The minimum Gasteiger partial charge on any atom is -0.379 e. The molecule has 0 aromatic carbocycles. The zero-order chi connectivity index (χ0) is 15.2. The Hall–Kier alpha value is -1.10. The van der Waals surface area contributed by atoms with Crippen LogP contribution in [0.1, 0.15) is 58.3 Å². The number of ether oxygens (including phenoxy) is 1. The van der Waals surface area contributed by atoms with E-state index in [1.54, 1.807) is 18.9 Å². The highest BCUT2D eigenvalue weighted by atomic mass is 16.5. The number of hydrogen-bond donors (Lipinski definition) is 1. The molecule has 5 nitrogen and oxygen atoms in total. The Bertz CT molecular complexity index is 373. The topological polar surface area (TPSA) is 58.6 Å². The first kappa shape index (κ1) is 16.3. The van der Waals surface area contributed by atoms with Crippen molar-refractivity contribution >= 4 is 11.8 Å². The number of likely N-dealkylation sites (tertiary alicyclic amines) is 1. The molecule has 0 spiro atoms. The van der Waals surface area contributed by atoms with E-state index in [0.717, 1.165) is 44.9 Å². The van der Waals surface area contributed by atoms with Crippen LogP contribution in [0.2, 0.25) is 0 Å². The molecule has 1 aliphatic carbocycles. The van der Waals surface area contributed by atoms with E-state index in [2.05, 4.69) is 5.32 Å². The van der Waals surface area contributed by atoms with E-state index >= 15 is 0 Å². The van der Waals surface area contributed by atoms with E-state index in [0.29, 0.717) is 6.54 Å². The summed E-state index contributed by atoms with van der Waals surface area (Å²) in [4.78, 5) is 26.0. The molecule has 3 unspecified atom stereocenters. The fraction of sp³-hybridized carbons (Fsp3) is 0.875. The van der Waals surface area contributed by atoms with Crippen LogP contribution in [-0.2, 0) is 14.3 Å². The number of amides is 2. The Morgan fingerprint density at radius 3 is 2.48 bits per heavy atom. The molecule has 120 valence electrons. The first-order chi connectivity index (χ1) is 10.1. The highest BCUT2D eigenvalue weighted by Crippen LogP contribution is 2.22. The summed E-state index contributed by atoms with van der Waals surface area (Å²) in [6.45, 7) is 2.25. The second kappa shape index (κ2) is 7.78. The van der Waals surface area contributed by atoms with Crippen molar-refractivity contribution < 1.29 is 14.3 Å². The molecule has 1 heterocycles. The fourth-order valence-electron chi connectivity index (χ4n) is 3.58. The normalized spacial score (nSPS) is 30.6. The second-order valence-electron chi connectivity index (χ2n) is 6.25. The van der Waals surface area contributed by atoms with Crippen LogP contribution in [0, 0.1) is 0 Å². The predicted molar refractivity (Wildman–Crippen MR) is 80.8 cm³/mol. The molecular formula is C16H28N2O3. The highest BCUT2D eigenvalue weighted by Gasteiger charge is 2.33. The maximum absolute atomic E-state index is 12.6. The van der Waals surface area contributed by atoms with Crippen molar-refractivity contribution in [2.75, 3.05) is 13.7 Å². The Morgan fingerprint density at radius 2 is 1.76 bits per heavy atom. The quantitative estimate of drug-likeness (QED) is 0.809. The summed E-state index contributed by atoms with van der Waals surface area (Å²) in [5.74, 6) is -0.00198. The van der Waals surface area contributed by atoms with E-state index in [-0.39, 0.29) is 30.0 Å². The summed E-state index contributed by atoms with van der Waals surface area (Å²) in [7, 11) is 1.72. The smallest absolute Gasteiger partial charge is 0.243 e. The van der Waals surface area contributed by atoms with Crippen LogP contribution < -0.4 is 5.32 Å². The van der Waals surface area contributed by atoms with Crippen molar-refractivity contribution in [2.45, 2.75) is 76.5 Å². The van der Waals surface area contributed by atoms with Crippen molar-refractivity contribution in [2.24, 2.45) is 0 Å². The van der Waals surface area contributed by atoms with Gasteiger partial charge in [0.1, 0.15) is 6.04 Å². The average Bonchev–Trinajstić information content (AvgIpc) is 2.72. The van der Waals surface area contributed by atoms with Gasteiger partial charge in [0.25, 0.3) is 0 Å². The monoisotopic (exact) mass is 296 g/mol. The number of methoxy groups -OCH3 is 1. The van der Waals surface area contributed by atoms with Gasteiger partial charge >= 0.3 is 0 Å². The Labute approximate surface area is 127 Å². The molecule has 2 rings (SSSR count). The van der Waals surface area contributed by atoms with Gasteiger partial charge in [-0.05, 0) is 32.1 Å². The lowest BCUT2D eigenvalue weighted by atomic mass is 9.99. The van der Waals surface area contributed by atoms with Crippen LogP contribution in [0.3, 0.4) is 0 Å². The lowest BCUT2D eigenvalue weighted by Gasteiger charge is -2.35. The summed E-state index contributed by atoms with van der Waals surface area (Å²) >= 11 is 0. The number of carbonyl (C=O) groups is 2. The van der Waals surface area contributed by atoms with Gasteiger partial charge in [-0.3, -0.25) is 9.59 Å². The first-order valence-electron chi connectivity index (χ1n) is 8.24. The van der Waals surface area contributed by atoms with E-state index in [4.69, 9.17) is 4.74 Å². The molecule has 0 radical (unpaired) electrons. The van der Waals surface area contributed by atoms with Gasteiger partial charge in [-0.25, -0.2) is 0 Å². The van der Waals surface area contributed by atoms with Crippen LogP contribution in [0.15, 0.2) is 0 Å². The van der Waals surface area contributed by atoms with Crippen molar-refractivity contribution in [3.05, 3.63) is 0 Å². The van der Waals surface area contributed by atoms with E-state index in [1.165, 1.54) is 6.42 Å². The lowest BCUT2D eigenvalue weighted by Crippen LogP contribution is -2.55. The van der Waals surface area contributed by atoms with Gasteiger partial charge < -0.3 is 15.0 Å². The van der Waals surface area contributed by atoms with Gasteiger partial charge in [0.15, 0.2) is 0 Å². The lowest BCUT2D eigenvalue weighted by molar-refractivity contribution is -0.141. The molecule has 1 saturated heterocycles. The van der Waals surface area contributed by atoms with Gasteiger partial charge in [0.05, 0.1) is 12.1 Å². The number of carbonyl (C=O) groups excluding carboxylic acids is 2. The van der Waals surface area contributed by atoms with Gasteiger partial charge in [0.2, 0.25) is 11.8 Å². The third-order valence-electron chi connectivity index (χ3n) is 4.79. The minimum atomic E-state index is -0.294. The molecule has 1 aliphatic heterocycles. The number of hydrogen-bond acceptors (Lipinski definition) is 3. The van der Waals surface area contributed by atoms with Gasteiger partial charge in [0, 0.05) is 20.6 Å². The minimum absolute atomic E-state index is 0.000919. The molecule has 2 amide bonds. The molecule has 21 heavy (non-hydrogen) atoms. The molecule has 5 heteroatoms. The van der Waals surface area contributed by atoms with Crippen molar-refractivity contribution in [3.63, 3.8) is 0 Å². The second-order valence-corrected chi connectivity index (χ2v) is 6.25. The Balaban J connectivity index is 1.99. The molecule has 0 aromatic heterocycles. The summed E-state index contributed by atoms with van der Waals surface area (Å²) < 4.78 is 5.55. The first-order valence-corrected chi connectivity index (χ1v) is 8.24. The van der Waals surface area contributed by atoms with Crippen LogP contribution in [0.4, 0.5) is 0 Å². The molecular weight excluding hydrogens is 268 g/mol. The highest BCUT2D eigenvalue weighted by molar-refractivity contribution is 5.87. The standard InChI is InChI=1S/C16H28N2O3/c1-12(19)18-11-7-6-9-14(18)16(20)17-13-8-4-3-5-10-15(13)21-2/h13-15H,3-11H2,1-2H3,(H,17,20). The molecule has 2 aliphatic rings. The number of piperidine rings is 1. The summed E-state index contributed by atoms with van der Waals surface area (Å²) in [5.41, 5.74) is 0. The maximum Gasteiger partial charge on any atom is 0.243 e.